The minimum absolute atomic E-state index is 0.0713. The Morgan fingerprint density at radius 1 is 0.382 bits per heavy atom. The molecule has 452 valence electrons. The third-order valence-corrected chi connectivity index (χ3v) is 15.9. The molecule has 0 aromatic carbocycles. The fourth-order valence-corrected chi connectivity index (χ4v) is 10.7. The van der Waals surface area contributed by atoms with E-state index in [-0.39, 0.29) is 25.6 Å². The predicted molar refractivity (Wildman–Crippen MR) is 303 cm³/mol. The molecule has 2 rings (SSSR count). The van der Waals surface area contributed by atoms with Crippen LogP contribution in [0.3, 0.4) is 0 Å². The molecule has 76 heavy (non-hydrogen) atoms. The number of carbonyl (C=O) groups is 1. The summed E-state index contributed by atoms with van der Waals surface area (Å²) in [5.74, 6) is -0.366. The highest BCUT2D eigenvalue weighted by atomic mass is 16.7. The Morgan fingerprint density at radius 3 is 1.07 bits per heavy atom. The van der Waals surface area contributed by atoms with Crippen LogP contribution in [0.4, 0.5) is 0 Å². The van der Waals surface area contributed by atoms with E-state index in [0.717, 1.165) is 44.9 Å². The number of unbranched alkanes of at least 4 members (excludes halogenated alkanes) is 40. The van der Waals surface area contributed by atoms with Crippen LogP contribution in [0.1, 0.15) is 290 Å². The maximum Gasteiger partial charge on any atom is 0.306 e. The van der Waals surface area contributed by atoms with Crippen LogP contribution in [-0.4, -0.2) is 142 Å². The maximum absolute atomic E-state index is 13.1. The number of carbonyl (C=O) groups excluding carboxylic acids is 1. The summed E-state index contributed by atoms with van der Waals surface area (Å²) in [5.41, 5.74) is 0. The Balaban J connectivity index is 1.66. The van der Waals surface area contributed by atoms with Gasteiger partial charge in [-0.1, -0.05) is 271 Å². The summed E-state index contributed by atoms with van der Waals surface area (Å²) in [6.07, 6.45) is 38.8. The van der Waals surface area contributed by atoms with Crippen molar-refractivity contribution in [2.45, 2.75) is 357 Å². The monoisotopic (exact) mass is 1090 g/mol. The first-order valence-corrected chi connectivity index (χ1v) is 32.1. The Hall–Kier alpha value is -1.01. The molecule has 11 unspecified atom stereocenters. The van der Waals surface area contributed by atoms with E-state index in [1.165, 1.54) is 225 Å². The van der Waals surface area contributed by atoms with Crippen molar-refractivity contribution in [3.63, 3.8) is 0 Å². The highest BCUT2D eigenvalue weighted by Gasteiger charge is 2.47. The number of aliphatic hydroxyl groups is 7. The quantitative estimate of drug-likeness (QED) is 0.0223. The molecule has 14 nitrogen and oxygen atoms in total. The lowest BCUT2D eigenvalue weighted by Crippen LogP contribution is -2.61. The smallest absolute Gasteiger partial charge is 0.306 e. The van der Waals surface area contributed by atoms with E-state index in [9.17, 15) is 40.5 Å². The molecule has 2 heterocycles. The minimum Gasteiger partial charge on any atom is -0.457 e. The SMILES string of the molecule is CCCCCCCCCCCCCCCCCCCCCCCCCOCC(COC1OC(COC2OC(CO)C(O)C(O)C2O)C(O)C(O)C1O)OC(=O)CCCCCCCCCCCCCCCCCCCCC. The lowest BCUT2D eigenvalue weighted by Gasteiger charge is -2.42. The zero-order chi connectivity index (χ0) is 55.1. The summed E-state index contributed by atoms with van der Waals surface area (Å²) in [5, 5.41) is 72.5. The summed E-state index contributed by atoms with van der Waals surface area (Å²) in [6, 6.07) is 0. The van der Waals surface area contributed by atoms with E-state index < -0.39 is 80.7 Å². The molecule has 0 bridgehead atoms. The molecule has 0 radical (unpaired) electrons. The van der Waals surface area contributed by atoms with Crippen LogP contribution in [0.15, 0.2) is 0 Å². The Labute approximate surface area is 463 Å². The first kappa shape index (κ1) is 71.1. The average Bonchev–Trinajstić information content (AvgIpc) is 3.42. The molecular weight excluding hydrogens is 969 g/mol. The van der Waals surface area contributed by atoms with Gasteiger partial charge in [-0.25, -0.2) is 0 Å². The van der Waals surface area contributed by atoms with Crippen LogP contribution >= 0.6 is 0 Å². The van der Waals surface area contributed by atoms with E-state index in [0.29, 0.717) is 6.61 Å². The molecule has 14 heteroatoms. The molecule has 0 aliphatic carbocycles. The van der Waals surface area contributed by atoms with Gasteiger partial charge in [0.15, 0.2) is 12.6 Å². The molecule has 0 spiro atoms. The standard InChI is InChI=1S/C62H120O14/c1-3-5-7-9-11-13-15-17-19-21-23-24-25-26-28-30-32-34-36-38-40-42-44-46-71-48-51(74-54(64)45-43-41-39-37-35-33-31-29-27-22-20-18-16-14-12-10-8-6-4-2)49-72-61-60(70)58(68)56(66)53(76-61)50-73-62-59(69)57(67)55(65)52(47-63)75-62/h51-53,55-63,65-70H,3-50H2,1-2H3. The average molecular weight is 1090 g/mol. The second-order valence-corrected chi connectivity index (χ2v) is 23.0. The van der Waals surface area contributed by atoms with Crippen LogP contribution in [-0.2, 0) is 33.2 Å². The Kier molecular flexibility index (Phi) is 46.6. The summed E-state index contributed by atoms with van der Waals surface area (Å²) in [6.45, 7) is 3.78. The number of hydrogen-bond donors (Lipinski definition) is 7. The minimum atomic E-state index is -1.70. The predicted octanol–water partition coefficient (Wildman–Crippen LogP) is 12.4. The highest BCUT2D eigenvalue weighted by molar-refractivity contribution is 5.69. The van der Waals surface area contributed by atoms with Crippen LogP contribution in [0.2, 0.25) is 0 Å². The van der Waals surface area contributed by atoms with Crippen molar-refractivity contribution >= 4 is 5.97 Å². The van der Waals surface area contributed by atoms with Gasteiger partial charge in [-0.15, -0.1) is 0 Å². The molecule has 2 aliphatic rings. The molecule has 0 amide bonds. The van der Waals surface area contributed by atoms with Gasteiger partial charge in [-0.05, 0) is 12.8 Å². The molecular formula is C62H120O14. The van der Waals surface area contributed by atoms with Crippen LogP contribution in [0, 0.1) is 0 Å². The maximum atomic E-state index is 13.1. The van der Waals surface area contributed by atoms with Crippen molar-refractivity contribution in [2.24, 2.45) is 0 Å². The third-order valence-electron chi connectivity index (χ3n) is 15.9. The van der Waals surface area contributed by atoms with Gasteiger partial charge >= 0.3 is 5.97 Å². The number of hydrogen-bond acceptors (Lipinski definition) is 14. The van der Waals surface area contributed by atoms with E-state index in [1.54, 1.807) is 0 Å². The van der Waals surface area contributed by atoms with Crippen molar-refractivity contribution in [1.82, 2.24) is 0 Å². The largest absolute Gasteiger partial charge is 0.457 e. The zero-order valence-corrected chi connectivity index (χ0v) is 48.8. The molecule has 2 fully saturated rings. The number of esters is 1. The lowest BCUT2D eigenvalue weighted by molar-refractivity contribution is -0.332. The van der Waals surface area contributed by atoms with Crippen molar-refractivity contribution < 1.29 is 69.0 Å². The molecule has 11 atom stereocenters. The van der Waals surface area contributed by atoms with Crippen LogP contribution in [0.5, 0.6) is 0 Å². The van der Waals surface area contributed by atoms with Crippen molar-refractivity contribution in [2.75, 3.05) is 33.0 Å². The van der Waals surface area contributed by atoms with E-state index in [2.05, 4.69) is 13.8 Å². The van der Waals surface area contributed by atoms with Gasteiger partial charge in [-0.3, -0.25) is 4.79 Å². The second-order valence-electron chi connectivity index (χ2n) is 23.0. The fraction of sp³-hybridized carbons (Fsp3) is 0.984. The van der Waals surface area contributed by atoms with Gasteiger partial charge in [0, 0.05) is 13.0 Å². The second kappa shape index (κ2) is 49.8. The van der Waals surface area contributed by atoms with E-state index in [1.807, 2.05) is 0 Å². The summed E-state index contributed by atoms with van der Waals surface area (Å²) >= 11 is 0. The Bertz CT molecular complexity index is 1260. The van der Waals surface area contributed by atoms with Crippen molar-refractivity contribution in [3.05, 3.63) is 0 Å². The van der Waals surface area contributed by atoms with Gasteiger partial charge < -0.3 is 64.2 Å². The number of rotatable bonds is 54. The summed E-state index contributed by atoms with van der Waals surface area (Å²) in [4.78, 5) is 13.1. The molecule has 0 aromatic heterocycles. The van der Waals surface area contributed by atoms with Gasteiger partial charge in [-0.2, -0.15) is 0 Å². The molecule has 7 N–H and O–H groups in total. The first-order chi connectivity index (χ1) is 37.1. The van der Waals surface area contributed by atoms with Gasteiger partial charge in [0.2, 0.25) is 0 Å². The van der Waals surface area contributed by atoms with E-state index >= 15 is 0 Å². The number of aliphatic hydroxyl groups excluding tert-OH is 7. The molecule has 2 aliphatic heterocycles. The normalized spacial score (nSPS) is 24.3. The molecule has 0 saturated carbocycles. The van der Waals surface area contributed by atoms with Crippen molar-refractivity contribution in [1.29, 1.82) is 0 Å². The molecule has 2 saturated heterocycles. The number of ether oxygens (including phenoxy) is 6. The van der Waals surface area contributed by atoms with Gasteiger partial charge in [0.05, 0.1) is 26.4 Å². The summed E-state index contributed by atoms with van der Waals surface area (Å²) in [7, 11) is 0. The molecule has 0 aromatic rings. The van der Waals surface area contributed by atoms with Gasteiger partial charge in [0.1, 0.15) is 54.9 Å². The van der Waals surface area contributed by atoms with Crippen LogP contribution < -0.4 is 0 Å². The topological polar surface area (TPSA) is 214 Å². The highest BCUT2D eigenvalue weighted by Crippen LogP contribution is 2.27. The Morgan fingerprint density at radius 2 is 0.697 bits per heavy atom. The fourth-order valence-electron chi connectivity index (χ4n) is 10.7. The van der Waals surface area contributed by atoms with E-state index in [4.69, 9.17) is 28.4 Å². The van der Waals surface area contributed by atoms with Crippen molar-refractivity contribution in [3.8, 4) is 0 Å². The third kappa shape index (κ3) is 35.7. The lowest BCUT2D eigenvalue weighted by atomic mass is 9.98. The summed E-state index contributed by atoms with van der Waals surface area (Å²) < 4.78 is 34.5. The van der Waals surface area contributed by atoms with Gasteiger partial charge in [0.25, 0.3) is 0 Å². The first-order valence-electron chi connectivity index (χ1n) is 32.1. The van der Waals surface area contributed by atoms with Crippen LogP contribution in [0.25, 0.3) is 0 Å². The zero-order valence-electron chi connectivity index (χ0n) is 48.8.